The van der Waals surface area contributed by atoms with Crippen LogP contribution in [0.1, 0.15) is 15.9 Å². The Balaban J connectivity index is 1.34. The van der Waals surface area contributed by atoms with Gasteiger partial charge in [0.25, 0.3) is 5.91 Å². The molecule has 0 aliphatic rings. The van der Waals surface area contributed by atoms with Gasteiger partial charge in [-0.15, -0.1) is 0 Å². The molecule has 29 heavy (non-hydrogen) atoms. The molecule has 2 N–H and O–H groups in total. The number of fused-ring (bicyclic) bond motifs is 1. The van der Waals surface area contributed by atoms with Crippen molar-refractivity contribution in [2.24, 2.45) is 0 Å². The van der Waals surface area contributed by atoms with Gasteiger partial charge < -0.3 is 5.32 Å². The number of rotatable bonds is 7. The minimum atomic E-state index is -0.313. The van der Waals surface area contributed by atoms with Crippen LogP contribution in [0.5, 0.6) is 0 Å². The predicted octanol–water partition coefficient (Wildman–Crippen LogP) is 3.52. The van der Waals surface area contributed by atoms with Gasteiger partial charge in [-0.25, -0.2) is 4.68 Å². The average Bonchev–Trinajstić information content (AvgIpc) is 3.18. The summed E-state index contributed by atoms with van der Waals surface area (Å²) >= 11 is 5.94. The monoisotopic (exact) mass is 406 g/mol. The number of nitrogens with one attached hydrogen (secondary N) is 2. The molecular formula is C21H19ClN6O. The number of anilines is 1. The zero-order valence-electron chi connectivity index (χ0n) is 15.5. The van der Waals surface area contributed by atoms with Crippen molar-refractivity contribution in [2.75, 3.05) is 11.9 Å². The Morgan fingerprint density at radius 2 is 1.86 bits per heavy atom. The number of hydrogen-bond donors (Lipinski definition) is 2. The first-order chi connectivity index (χ1) is 14.2. The minimum absolute atomic E-state index is 0.293. The Morgan fingerprint density at radius 1 is 1.03 bits per heavy atom. The molecule has 0 fully saturated rings. The van der Waals surface area contributed by atoms with Crippen LogP contribution in [0.15, 0.2) is 66.7 Å². The molecule has 1 heterocycles. The molecule has 0 saturated carbocycles. The zero-order chi connectivity index (χ0) is 20.1. The molecule has 8 heteroatoms. The number of hydrogen-bond acceptors (Lipinski definition) is 5. The van der Waals surface area contributed by atoms with Crippen LogP contribution in [0.3, 0.4) is 0 Å². The highest BCUT2D eigenvalue weighted by molar-refractivity contribution is 6.31. The lowest BCUT2D eigenvalue weighted by Gasteiger charge is -2.09. The smallest absolute Gasteiger partial charge is 0.258 e. The van der Waals surface area contributed by atoms with Crippen molar-refractivity contribution in [1.29, 1.82) is 0 Å². The summed E-state index contributed by atoms with van der Waals surface area (Å²) in [5, 5.41) is 20.6. The Hall–Kier alpha value is -3.29. The number of benzene rings is 3. The minimum Gasteiger partial charge on any atom is -0.311 e. The lowest BCUT2D eigenvalue weighted by molar-refractivity contribution is 0.102. The van der Waals surface area contributed by atoms with Crippen molar-refractivity contribution in [3.8, 4) is 0 Å². The molecule has 0 saturated heterocycles. The van der Waals surface area contributed by atoms with Gasteiger partial charge in [0, 0.05) is 23.7 Å². The summed E-state index contributed by atoms with van der Waals surface area (Å²) in [7, 11) is 0. The van der Waals surface area contributed by atoms with Gasteiger partial charge in [0.1, 0.15) is 0 Å². The molecule has 7 nitrogen and oxygen atoms in total. The summed E-state index contributed by atoms with van der Waals surface area (Å²) < 4.78 is 1.55. The Bertz CT molecular complexity index is 1140. The fraction of sp³-hybridized carbons (Fsp3) is 0.143. The van der Waals surface area contributed by atoms with Crippen molar-refractivity contribution >= 4 is 34.2 Å². The molecule has 0 atom stereocenters. The maximum Gasteiger partial charge on any atom is 0.258 e. The first kappa shape index (κ1) is 19.0. The highest BCUT2D eigenvalue weighted by Gasteiger charge is 2.12. The van der Waals surface area contributed by atoms with Gasteiger partial charge in [-0.05, 0) is 45.0 Å². The molecule has 0 aliphatic heterocycles. The van der Waals surface area contributed by atoms with E-state index in [0.29, 0.717) is 29.6 Å². The van der Waals surface area contributed by atoms with E-state index in [4.69, 9.17) is 11.6 Å². The number of amides is 1. The number of nitrogens with zero attached hydrogens (tertiary/aromatic N) is 4. The van der Waals surface area contributed by atoms with Gasteiger partial charge in [-0.1, -0.05) is 65.2 Å². The topological polar surface area (TPSA) is 84.7 Å². The lowest BCUT2D eigenvalue weighted by atomic mass is 10.0. The van der Waals surface area contributed by atoms with E-state index in [2.05, 4.69) is 56.5 Å². The van der Waals surface area contributed by atoms with Gasteiger partial charge in [-0.3, -0.25) is 10.1 Å². The van der Waals surface area contributed by atoms with E-state index in [1.165, 1.54) is 16.3 Å². The molecular weight excluding hydrogens is 388 g/mol. The summed E-state index contributed by atoms with van der Waals surface area (Å²) in [6.07, 6.45) is 0. The first-order valence-electron chi connectivity index (χ1n) is 9.21. The van der Waals surface area contributed by atoms with E-state index in [1.807, 2.05) is 12.1 Å². The van der Waals surface area contributed by atoms with E-state index in [0.717, 1.165) is 6.54 Å². The Kier molecular flexibility index (Phi) is 5.79. The second-order valence-corrected chi connectivity index (χ2v) is 6.94. The van der Waals surface area contributed by atoms with E-state index in [-0.39, 0.29) is 5.91 Å². The molecule has 0 aliphatic carbocycles. The molecule has 146 valence electrons. The Morgan fingerprint density at radius 3 is 2.76 bits per heavy atom. The lowest BCUT2D eigenvalue weighted by Crippen LogP contribution is -2.23. The molecule has 0 spiro atoms. The zero-order valence-corrected chi connectivity index (χ0v) is 16.3. The largest absolute Gasteiger partial charge is 0.311 e. The van der Waals surface area contributed by atoms with Crippen molar-refractivity contribution in [1.82, 2.24) is 25.5 Å². The summed E-state index contributed by atoms with van der Waals surface area (Å²) in [6.45, 7) is 1.89. The van der Waals surface area contributed by atoms with Gasteiger partial charge in [0.15, 0.2) is 0 Å². The Labute approximate surface area is 172 Å². The van der Waals surface area contributed by atoms with Gasteiger partial charge in [-0.2, -0.15) is 0 Å². The van der Waals surface area contributed by atoms with Crippen molar-refractivity contribution in [3.63, 3.8) is 0 Å². The molecule has 4 aromatic rings. The van der Waals surface area contributed by atoms with Crippen molar-refractivity contribution in [2.45, 2.75) is 13.1 Å². The third-order valence-electron chi connectivity index (χ3n) is 4.54. The summed E-state index contributed by atoms with van der Waals surface area (Å²) in [4.78, 5) is 12.4. The van der Waals surface area contributed by atoms with Crippen LogP contribution in [0.25, 0.3) is 10.8 Å². The van der Waals surface area contributed by atoms with Crippen molar-refractivity contribution < 1.29 is 4.79 Å². The fourth-order valence-corrected chi connectivity index (χ4v) is 3.29. The molecule has 0 bridgehead atoms. The van der Waals surface area contributed by atoms with Crippen LogP contribution >= 0.6 is 11.6 Å². The second-order valence-electron chi connectivity index (χ2n) is 6.51. The maximum absolute atomic E-state index is 12.4. The SMILES string of the molecule is O=C(Nc1nnnn1CCNCc1cccc2ccccc12)c1cccc(Cl)c1. The molecule has 4 rings (SSSR count). The normalized spacial score (nSPS) is 10.9. The number of carbonyl (C=O) groups excluding carboxylic acids is 1. The molecule has 0 unspecified atom stereocenters. The van der Waals surface area contributed by atoms with Crippen LogP contribution in [0, 0.1) is 0 Å². The molecule has 1 amide bonds. The second kappa shape index (κ2) is 8.81. The van der Waals surface area contributed by atoms with Crippen LogP contribution in [0.2, 0.25) is 5.02 Å². The van der Waals surface area contributed by atoms with E-state index in [9.17, 15) is 4.79 Å². The molecule has 0 radical (unpaired) electrons. The average molecular weight is 407 g/mol. The van der Waals surface area contributed by atoms with Crippen LogP contribution < -0.4 is 10.6 Å². The van der Waals surface area contributed by atoms with Gasteiger partial charge in [0.05, 0.1) is 6.54 Å². The summed E-state index contributed by atoms with van der Waals surface area (Å²) in [6, 6.07) is 21.3. The van der Waals surface area contributed by atoms with Gasteiger partial charge in [0.2, 0.25) is 5.95 Å². The fourth-order valence-electron chi connectivity index (χ4n) is 3.10. The summed E-state index contributed by atoms with van der Waals surface area (Å²) in [5.41, 5.74) is 1.68. The maximum atomic E-state index is 12.4. The third kappa shape index (κ3) is 4.59. The van der Waals surface area contributed by atoms with Crippen LogP contribution in [0.4, 0.5) is 5.95 Å². The quantitative estimate of drug-likeness (QED) is 0.459. The molecule has 3 aromatic carbocycles. The van der Waals surface area contributed by atoms with E-state index in [1.54, 1.807) is 28.9 Å². The number of tetrazole rings is 1. The summed E-state index contributed by atoms with van der Waals surface area (Å²) in [5.74, 6) is -0.0193. The van der Waals surface area contributed by atoms with Gasteiger partial charge >= 0.3 is 0 Å². The van der Waals surface area contributed by atoms with Crippen molar-refractivity contribution in [3.05, 3.63) is 82.9 Å². The van der Waals surface area contributed by atoms with Crippen LogP contribution in [-0.4, -0.2) is 32.7 Å². The molecule has 1 aromatic heterocycles. The van der Waals surface area contributed by atoms with Crippen LogP contribution in [-0.2, 0) is 13.1 Å². The number of carbonyl (C=O) groups is 1. The van der Waals surface area contributed by atoms with E-state index >= 15 is 0 Å². The first-order valence-corrected chi connectivity index (χ1v) is 9.59. The number of halogens is 1. The number of aromatic nitrogens is 4. The predicted molar refractivity (Wildman–Crippen MR) is 113 cm³/mol. The third-order valence-corrected chi connectivity index (χ3v) is 4.77. The highest BCUT2D eigenvalue weighted by atomic mass is 35.5. The van der Waals surface area contributed by atoms with E-state index < -0.39 is 0 Å². The standard InChI is InChI=1S/C21H19ClN6O/c22-18-9-4-7-16(13-18)20(29)24-21-25-26-27-28(21)12-11-23-14-17-8-3-6-15-5-1-2-10-19(15)17/h1-10,13,23H,11-12,14H2,(H,24,25,27,29). The highest BCUT2D eigenvalue weighted by Crippen LogP contribution is 2.18.